The number of rotatable bonds is 8. The maximum Gasteiger partial charge on any atom is 0.289 e. The molecular weight excluding hydrogens is 386 g/mol. The smallest absolute Gasteiger partial charge is 0.289 e. The molecule has 0 bridgehead atoms. The van der Waals surface area contributed by atoms with Crippen molar-refractivity contribution in [3.63, 3.8) is 0 Å². The second-order valence-corrected chi connectivity index (χ2v) is 6.83. The predicted molar refractivity (Wildman–Crippen MR) is 109 cm³/mol. The van der Waals surface area contributed by atoms with Crippen LogP contribution in [-0.2, 0) is 13.0 Å². The Kier molecular flexibility index (Phi) is 5.79. The molecule has 1 amide bonds. The summed E-state index contributed by atoms with van der Waals surface area (Å²) in [6.45, 7) is 1.14. The van der Waals surface area contributed by atoms with Gasteiger partial charge in [0.25, 0.3) is 5.91 Å². The highest BCUT2D eigenvalue weighted by Gasteiger charge is 2.21. The van der Waals surface area contributed by atoms with Crippen LogP contribution in [0.2, 0.25) is 0 Å². The fourth-order valence-corrected chi connectivity index (χ4v) is 3.37. The molecule has 0 unspecified atom stereocenters. The van der Waals surface area contributed by atoms with E-state index in [0.717, 1.165) is 11.1 Å². The van der Waals surface area contributed by atoms with Crippen LogP contribution in [0.25, 0.3) is 0 Å². The highest BCUT2D eigenvalue weighted by molar-refractivity contribution is 5.91. The highest BCUT2D eigenvalue weighted by Crippen LogP contribution is 2.33. The van der Waals surface area contributed by atoms with Crippen LogP contribution in [-0.4, -0.2) is 38.4 Å². The molecule has 156 valence electrons. The lowest BCUT2D eigenvalue weighted by atomic mass is 10.1. The number of methoxy groups -OCH3 is 2. The quantitative estimate of drug-likeness (QED) is 0.562. The van der Waals surface area contributed by atoms with E-state index in [1.807, 2.05) is 36.4 Å². The molecule has 0 spiro atoms. The zero-order valence-corrected chi connectivity index (χ0v) is 16.9. The van der Waals surface area contributed by atoms with Crippen LogP contribution in [0.5, 0.6) is 23.0 Å². The SMILES string of the molecule is COc1ccc(CCN(Cc2ccc3c(c2)OCO3)C(=O)c2ccco2)cc1OC. The molecule has 4 rings (SSSR count). The van der Waals surface area contributed by atoms with Crippen molar-refractivity contribution in [1.29, 1.82) is 0 Å². The molecule has 30 heavy (non-hydrogen) atoms. The fourth-order valence-electron chi connectivity index (χ4n) is 3.37. The molecule has 1 aliphatic rings. The lowest BCUT2D eigenvalue weighted by Gasteiger charge is -2.22. The molecule has 1 aromatic heterocycles. The second kappa shape index (κ2) is 8.82. The van der Waals surface area contributed by atoms with Crippen molar-refractivity contribution in [2.24, 2.45) is 0 Å². The van der Waals surface area contributed by atoms with Gasteiger partial charge in [0.2, 0.25) is 6.79 Å². The number of benzene rings is 2. The van der Waals surface area contributed by atoms with Crippen LogP contribution in [0.3, 0.4) is 0 Å². The molecule has 0 saturated heterocycles. The third-order valence-electron chi connectivity index (χ3n) is 4.95. The van der Waals surface area contributed by atoms with Crippen LogP contribution < -0.4 is 18.9 Å². The van der Waals surface area contributed by atoms with Crippen LogP contribution in [0, 0.1) is 0 Å². The average Bonchev–Trinajstić information content (AvgIpc) is 3.47. The second-order valence-electron chi connectivity index (χ2n) is 6.83. The molecule has 2 aromatic carbocycles. The van der Waals surface area contributed by atoms with Crippen LogP contribution >= 0.6 is 0 Å². The summed E-state index contributed by atoms with van der Waals surface area (Å²) >= 11 is 0. The third kappa shape index (κ3) is 4.20. The minimum Gasteiger partial charge on any atom is -0.493 e. The highest BCUT2D eigenvalue weighted by atomic mass is 16.7. The average molecular weight is 409 g/mol. The molecule has 0 saturated carbocycles. The molecule has 0 radical (unpaired) electrons. The maximum absolute atomic E-state index is 13.0. The summed E-state index contributed by atoms with van der Waals surface area (Å²) in [5, 5.41) is 0. The van der Waals surface area contributed by atoms with Gasteiger partial charge in [0.1, 0.15) is 0 Å². The van der Waals surface area contributed by atoms with Gasteiger partial charge in [-0.3, -0.25) is 4.79 Å². The first-order chi connectivity index (χ1) is 14.7. The zero-order chi connectivity index (χ0) is 20.9. The fraction of sp³-hybridized carbons (Fsp3) is 0.261. The van der Waals surface area contributed by atoms with E-state index < -0.39 is 0 Å². The lowest BCUT2D eigenvalue weighted by molar-refractivity contribution is 0.0712. The minimum absolute atomic E-state index is 0.168. The Morgan fingerprint density at radius 3 is 2.53 bits per heavy atom. The Morgan fingerprint density at radius 2 is 1.77 bits per heavy atom. The van der Waals surface area contributed by atoms with Crippen LogP contribution in [0.4, 0.5) is 0 Å². The van der Waals surface area contributed by atoms with Gasteiger partial charge in [0.05, 0.1) is 20.5 Å². The largest absolute Gasteiger partial charge is 0.493 e. The molecule has 7 heteroatoms. The number of hydrogen-bond donors (Lipinski definition) is 0. The van der Waals surface area contributed by atoms with Crippen molar-refractivity contribution in [1.82, 2.24) is 4.90 Å². The monoisotopic (exact) mass is 409 g/mol. The van der Waals surface area contributed by atoms with Crippen molar-refractivity contribution in [2.75, 3.05) is 27.6 Å². The van der Waals surface area contributed by atoms with Gasteiger partial charge in [-0.25, -0.2) is 0 Å². The van der Waals surface area contributed by atoms with Gasteiger partial charge in [-0.2, -0.15) is 0 Å². The Hall–Kier alpha value is -3.61. The number of nitrogens with zero attached hydrogens (tertiary/aromatic N) is 1. The van der Waals surface area contributed by atoms with Gasteiger partial charge < -0.3 is 28.3 Å². The molecule has 0 aliphatic carbocycles. The van der Waals surface area contributed by atoms with Gasteiger partial charge in [-0.05, 0) is 53.9 Å². The van der Waals surface area contributed by atoms with Gasteiger partial charge in [0.15, 0.2) is 28.8 Å². The Balaban J connectivity index is 1.52. The zero-order valence-electron chi connectivity index (χ0n) is 16.9. The van der Waals surface area contributed by atoms with Gasteiger partial charge >= 0.3 is 0 Å². The molecule has 0 fully saturated rings. The Labute approximate surface area is 174 Å². The van der Waals surface area contributed by atoms with Crippen LogP contribution in [0.1, 0.15) is 21.7 Å². The van der Waals surface area contributed by atoms with Crippen molar-refractivity contribution < 1.29 is 28.2 Å². The number of amides is 1. The number of carbonyl (C=O) groups is 1. The van der Waals surface area contributed by atoms with Crippen molar-refractivity contribution in [2.45, 2.75) is 13.0 Å². The number of hydrogen-bond acceptors (Lipinski definition) is 6. The standard InChI is InChI=1S/C23H23NO6/c1-26-18-7-5-16(12-21(18)27-2)9-10-24(23(25)20-4-3-11-28-20)14-17-6-8-19-22(13-17)30-15-29-19/h3-8,11-13H,9-10,14-15H2,1-2H3. The van der Waals surface area contributed by atoms with Crippen molar-refractivity contribution in [3.05, 3.63) is 71.7 Å². The van der Waals surface area contributed by atoms with E-state index in [1.54, 1.807) is 31.3 Å². The summed E-state index contributed by atoms with van der Waals surface area (Å²) in [6, 6.07) is 14.8. The topological polar surface area (TPSA) is 70.4 Å². The molecule has 0 atom stereocenters. The summed E-state index contributed by atoms with van der Waals surface area (Å²) in [4.78, 5) is 14.8. The normalized spacial score (nSPS) is 11.9. The summed E-state index contributed by atoms with van der Waals surface area (Å²) < 4.78 is 26.8. The van der Waals surface area contributed by atoms with Gasteiger partial charge in [-0.1, -0.05) is 12.1 Å². The first kappa shape index (κ1) is 19.7. The van der Waals surface area contributed by atoms with E-state index in [9.17, 15) is 4.79 Å². The van der Waals surface area contributed by atoms with Gasteiger partial charge in [0, 0.05) is 13.1 Å². The van der Waals surface area contributed by atoms with E-state index in [0.29, 0.717) is 48.3 Å². The van der Waals surface area contributed by atoms with Crippen LogP contribution in [0.15, 0.2) is 59.2 Å². The first-order valence-electron chi connectivity index (χ1n) is 9.60. The summed E-state index contributed by atoms with van der Waals surface area (Å²) in [5.41, 5.74) is 1.99. The van der Waals surface area contributed by atoms with E-state index in [2.05, 4.69) is 0 Å². The molecule has 0 N–H and O–H groups in total. The van der Waals surface area contributed by atoms with E-state index in [-0.39, 0.29) is 12.7 Å². The van der Waals surface area contributed by atoms with E-state index >= 15 is 0 Å². The Bertz CT molecular complexity index is 1010. The lowest BCUT2D eigenvalue weighted by Crippen LogP contribution is -2.32. The molecular formula is C23H23NO6. The molecule has 3 aromatic rings. The van der Waals surface area contributed by atoms with E-state index in [4.69, 9.17) is 23.4 Å². The predicted octanol–water partition coefficient (Wildman–Crippen LogP) is 3.91. The first-order valence-corrected chi connectivity index (χ1v) is 9.60. The minimum atomic E-state index is -0.168. The molecule has 7 nitrogen and oxygen atoms in total. The summed E-state index contributed by atoms with van der Waals surface area (Å²) in [6.07, 6.45) is 2.15. The number of carbonyl (C=O) groups excluding carboxylic acids is 1. The maximum atomic E-state index is 13.0. The Morgan fingerprint density at radius 1 is 0.967 bits per heavy atom. The summed E-state index contributed by atoms with van der Waals surface area (Å²) in [5.74, 6) is 2.88. The molecule has 2 heterocycles. The molecule has 1 aliphatic heterocycles. The third-order valence-corrected chi connectivity index (χ3v) is 4.95. The van der Waals surface area contributed by atoms with Crippen molar-refractivity contribution >= 4 is 5.91 Å². The number of fused-ring (bicyclic) bond motifs is 1. The summed E-state index contributed by atoms with van der Waals surface area (Å²) in [7, 11) is 3.21. The number of ether oxygens (including phenoxy) is 4. The van der Waals surface area contributed by atoms with Gasteiger partial charge in [-0.15, -0.1) is 0 Å². The number of furan rings is 1. The van der Waals surface area contributed by atoms with Crippen molar-refractivity contribution in [3.8, 4) is 23.0 Å². The van der Waals surface area contributed by atoms with E-state index in [1.165, 1.54) is 6.26 Å².